The molecule has 0 bridgehead atoms. The van der Waals surface area contributed by atoms with Gasteiger partial charge in [0.1, 0.15) is 6.07 Å². The van der Waals surface area contributed by atoms with Gasteiger partial charge in [0.15, 0.2) is 16.9 Å². The molecule has 2 aliphatic rings. The molecule has 0 fully saturated rings. The summed E-state index contributed by atoms with van der Waals surface area (Å²) in [6, 6.07) is 12.2. The molecule has 3 rings (SSSR count). The van der Waals surface area contributed by atoms with Crippen molar-refractivity contribution >= 4 is 0 Å². The Morgan fingerprint density at radius 1 is 1.13 bits per heavy atom. The monoisotopic (exact) mass is 403 g/mol. The van der Waals surface area contributed by atoms with E-state index in [1.54, 1.807) is 26.4 Å². The predicted molar refractivity (Wildman–Crippen MR) is 111 cm³/mol. The molecule has 1 aliphatic heterocycles. The van der Waals surface area contributed by atoms with Crippen LogP contribution < -0.4 is 15.2 Å². The highest BCUT2D eigenvalue weighted by Crippen LogP contribution is 2.54. The van der Waals surface area contributed by atoms with E-state index in [9.17, 15) is 15.8 Å². The molecule has 1 aliphatic carbocycles. The van der Waals surface area contributed by atoms with E-state index in [1.807, 2.05) is 12.1 Å². The maximum atomic E-state index is 10.2. The number of fused-ring (bicyclic) bond motifs is 1. The topological polar surface area (TPSA) is 119 Å². The van der Waals surface area contributed by atoms with Crippen molar-refractivity contribution < 1.29 is 9.47 Å². The highest BCUT2D eigenvalue weighted by atomic mass is 16.5. The van der Waals surface area contributed by atoms with Gasteiger partial charge in [-0.1, -0.05) is 12.1 Å². The van der Waals surface area contributed by atoms with Gasteiger partial charge >= 0.3 is 0 Å². The number of nitriles is 3. The minimum Gasteiger partial charge on any atom is -0.493 e. The van der Waals surface area contributed by atoms with Crippen molar-refractivity contribution in [3.8, 4) is 29.7 Å². The molecule has 7 nitrogen and oxygen atoms in total. The van der Waals surface area contributed by atoms with E-state index < -0.39 is 11.3 Å². The molecule has 1 aromatic rings. The normalized spacial score (nSPS) is 22.9. The van der Waals surface area contributed by atoms with Crippen LogP contribution in [0.2, 0.25) is 0 Å². The minimum atomic E-state index is -1.66. The van der Waals surface area contributed by atoms with Gasteiger partial charge in [-0.15, -0.1) is 0 Å². The maximum Gasteiger partial charge on any atom is 0.191 e. The van der Waals surface area contributed by atoms with Crippen LogP contribution in [0.1, 0.15) is 25.3 Å². The van der Waals surface area contributed by atoms with Crippen LogP contribution >= 0.6 is 0 Å². The van der Waals surface area contributed by atoms with E-state index >= 15 is 0 Å². The molecule has 0 aromatic heterocycles. The second-order valence-electron chi connectivity index (χ2n) is 7.84. The summed E-state index contributed by atoms with van der Waals surface area (Å²) in [5, 5.41) is 30.1. The number of nitrogens with zero attached hydrogens (tertiary/aromatic N) is 4. The summed E-state index contributed by atoms with van der Waals surface area (Å²) in [6.07, 6.45) is 2.01. The number of methoxy groups -OCH3 is 2. The Morgan fingerprint density at radius 3 is 2.33 bits per heavy atom. The van der Waals surface area contributed by atoms with Gasteiger partial charge in [-0.05, 0) is 37.1 Å². The lowest BCUT2D eigenvalue weighted by atomic mass is 9.58. The van der Waals surface area contributed by atoms with E-state index in [1.165, 1.54) is 0 Å². The van der Waals surface area contributed by atoms with Crippen LogP contribution in [0, 0.1) is 45.3 Å². The van der Waals surface area contributed by atoms with Gasteiger partial charge in [-0.25, -0.2) is 0 Å². The molecule has 30 heavy (non-hydrogen) atoms. The van der Waals surface area contributed by atoms with Gasteiger partial charge in [0.05, 0.1) is 37.6 Å². The second-order valence-corrected chi connectivity index (χ2v) is 7.84. The fourth-order valence-electron chi connectivity index (χ4n) is 4.55. The van der Waals surface area contributed by atoms with E-state index in [-0.39, 0.29) is 23.2 Å². The Bertz CT molecular complexity index is 1020. The SMILES string of the molecule is COc1ccc([C@@H]2[C@@H]3CN(C(C)C)CC=C3C(C#N)=C(N)C2(C#N)C#N)cc1OC. The molecule has 7 heteroatoms. The van der Waals surface area contributed by atoms with Crippen LogP contribution in [0.15, 0.2) is 41.1 Å². The number of hydrogen-bond acceptors (Lipinski definition) is 7. The zero-order valence-electron chi connectivity index (χ0n) is 17.6. The predicted octanol–water partition coefficient (Wildman–Crippen LogP) is 2.84. The lowest BCUT2D eigenvalue weighted by Gasteiger charge is -2.46. The smallest absolute Gasteiger partial charge is 0.191 e. The van der Waals surface area contributed by atoms with Crippen LogP contribution in [0.25, 0.3) is 0 Å². The average Bonchev–Trinajstić information content (AvgIpc) is 2.77. The molecule has 154 valence electrons. The van der Waals surface area contributed by atoms with E-state index in [0.717, 1.165) is 11.1 Å². The molecule has 0 unspecified atom stereocenters. The third kappa shape index (κ3) is 3.07. The van der Waals surface area contributed by atoms with Crippen molar-refractivity contribution in [2.45, 2.75) is 25.8 Å². The fourth-order valence-corrected chi connectivity index (χ4v) is 4.55. The summed E-state index contributed by atoms with van der Waals surface area (Å²) in [4.78, 5) is 2.26. The molecule has 0 saturated carbocycles. The summed E-state index contributed by atoms with van der Waals surface area (Å²) in [7, 11) is 3.09. The lowest BCUT2D eigenvalue weighted by Crippen LogP contribution is -2.49. The first-order valence-electron chi connectivity index (χ1n) is 9.77. The van der Waals surface area contributed by atoms with Crippen molar-refractivity contribution in [2.24, 2.45) is 17.1 Å². The first kappa shape index (κ1) is 21.2. The lowest BCUT2D eigenvalue weighted by molar-refractivity contribution is 0.174. The van der Waals surface area contributed by atoms with Crippen LogP contribution in [0.5, 0.6) is 11.5 Å². The Morgan fingerprint density at radius 2 is 1.80 bits per heavy atom. The Kier molecular flexibility index (Phi) is 5.74. The maximum absolute atomic E-state index is 10.2. The van der Waals surface area contributed by atoms with Crippen molar-refractivity contribution in [3.05, 3.63) is 46.7 Å². The molecule has 2 atom stereocenters. The highest BCUT2D eigenvalue weighted by Gasteiger charge is 2.54. The quantitative estimate of drug-likeness (QED) is 0.821. The first-order chi connectivity index (χ1) is 14.4. The number of benzene rings is 1. The fraction of sp³-hybridized carbons (Fsp3) is 0.435. The van der Waals surface area contributed by atoms with E-state index in [2.05, 4.69) is 37.0 Å². The van der Waals surface area contributed by atoms with E-state index in [4.69, 9.17) is 15.2 Å². The summed E-state index contributed by atoms with van der Waals surface area (Å²) in [6.45, 7) is 5.51. The first-order valence-corrected chi connectivity index (χ1v) is 9.77. The summed E-state index contributed by atoms with van der Waals surface area (Å²) in [5.41, 5.74) is 6.52. The Labute approximate surface area is 177 Å². The molecule has 0 amide bonds. The Balaban J connectivity index is 2.30. The van der Waals surface area contributed by atoms with Crippen molar-refractivity contribution in [1.29, 1.82) is 15.8 Å². The van der Waals surface area contributed by atoms with Crippen LogP contribution in [-0.4, -0.2) is 38.3 Å². The zero-order valence-corrected chi connectivity index (χ0v) is 17.6. The number of ether oxygens (including phenoxy) is 2. The summed E-state index contributed by atoms with van der Waals surface area (Å²) < 4.78 is 10.8. The molecule has 0 radical (unpaired) electrons. The summed E-state index contributed by atoms with van der Waals surface area (Å²) >= 11 is 0. The zero-order chi connectivity index (χ0) is 22.1. The molecular formula is C23H25N5O2. The minimum absolute atomic E-state index is 0.0234. The number of nitrogens with two attached hydrogens (primary N) is 1. The molecular weight excluding hydrogens is 378 g/mol. The van der Waals surface area contributed by atoms with Gasteiger partial charge in [0.25, 0.3) is 0 Å². The van der Waals surface area contributed by atoms with Gasteiger partial charge in [-0.3, -0.25) is 4.90 Å². The largest absolute Gasteiger partial charge is 0.493 e. The van der Waals surface area contributed by atoms with E-state index in [0.29, 0.717) is 24.6 Å². The van der Waals surface area contributed by atoms with Gasteiger partial charge < -0.3 is 15.2 Å². The number of allylic oxidation sites excluding steroid dienone is 2. The number of rotatable bonds is 4. The van der Waals surface area contributed by atoms with Gasteiger partial charge in [-0.2, -0.15) is 15.8 Å². The van der Waals surface area contributed by atoms with Crippen molar-refractivity contribution in [3.63, 3.8) is 0 Å². The van der Waals surface area contributed by atoms with Crippen LogP contribution in [-0.2, 0) is 0 Å². The molecule has 1 aromatic carbocycles. The second kappa shape index (κ2) is 8.11. The third-order valence-electron chi connectivity index (χ3n) is 6.19. The summed E-state index contributed by atoms with van der Waals surface area (Å²) in [5.74, 6) is 0.272. The molecule has 0 spiro atoms. The highest BCUT2D eigenvalue weighted by molar-refractivity contribution is 5.60. The Hall–Kier alpha value is -3.47. The molecule has 0 saturated heterocycles. The number of hydrogen-bond donors (Lipinski definition) is 1. The standard InChI is InChI=1S/C23H25N5O2/c1-14(2)28-8-7-16-17(10-24)22(27)23(12-25,13-26)21(18(16)11-28)15-5-6-19(29-3)20(9-15)30-4/h5-7,9,14,18,21H,8,11,27H2,1-4H3/t18-,21-/m1/s1. The van der Waals surface area contributed by atoms with Gasteiger partial charge in [0.2, 0.25) is 0 Å². The van der Waals surface area contributed by atoms with Crippen molar-refractivity contribution in [1.82, 2.24) is 4.90 Å². The third-order valence-corrected chi connectivity index (χ3v) is 6.19. The van der Waals surface area contributed by atoms with Crippen LogP contribution in [0.4, 0.5) is 0 Å². The van der Waals surface area contributed by atoms with Gasteiger partial charge in [0, 0.05) is 31.0 Å². The van der Waals surface area contributed by atoms with Crippen LogP contribution in [0.3, 0.4) is 0 Å². The molecule has 1 heterocycles. The van der Waals surface area contributed by atoms with Crippen molar-refractivity contribution in [2.75, 3.05) is 27.3 Å². The molecule has 2 N–H and O–H groups in total. The average molecular weight is 403 g/mol.